The lowest BCUT2D eigenvalue weighted by Crippen LogP contribution is -2.37. The second kappa shape index (κ2) is 7.06. The van der Waals surface area contributed by atoms with Crippen molar-refractivity contribution in [1.29, 1.82) is 0 Å². The van der Waals surface area contributed by atoms with Gasteiger partial charge >= 0.3 is 0 Å². The van der Waals surface area contributed by atoms with Gasteiger partial charge < -0.3 is 5.32 Å². The molecule has 4 heteroatoms. The van der Waals surface area contributed by atoms with E-state index in [0.717, 1.165) is 26.2 Å². The summed E-state index contributed by atoms with van der Waals surface area (Å²) in [5.41, 5.74) is 1.35. The first-order valence-electron chi connectivity index (χ1n) is 6.85. The lowest BCUT2D eigenvalue weighted by molar-refractivity contribution is -0.119. The van der Waals surface area contributed by atoms with Crippen LogP contribution < -0.4 is 5.32 Å². The van der Waals surface area contributed by atoms with Crippen LogP contribution in [0.15, 0.2) is 28.7 Å². The minimum Gasteiger partial charge on any atom is -0.356 e. The minimum absolute atomic E-state index is 0.0793. The van der Waals surface area contributed by atoms with Gasteiger partial charge in [0.2, 0.25) is 5.91 Å². The molecule has 1 fully saturated rings. The molecule has 104 valence electrons. The highest BCUT2D eigenvalue weighted by Gasteiger charge is 2.19. The molecule has 2 rings (SSSR count). The lowest BCUT2D eigenvalue weighted by atomic mass is 9.96. The summed E-state index contributed by atoms with van der Waals surface area (Å²) in [4.78, 5) is 13.4. The monoisotopic (exact) mass is 324 g/mol. The predicted molar refractivity (Wildman–Crippen MR) is 80.8 cm³/mol. The van der Waals surface area contributed by atoms with Crippen molar-refractivity contribution in [3.8, 4) is 0 Å². The fourth-order valence-corrected chi connectivity index (χ4v) is 2.91. The van der Waals surface area contributed by atoms with Gasteiger partial charge in [0.05, 0.1) is 0 Å². The number of carbonyl (C=O) groups excluding carboxylic acids is 1. The lowest BCUT2D eigenvalue weighted by Gasteiger charge is -2.32. The summed E-state index contributed by atoms with van der Waals surface area (Å²) in [5.74, 6) is 0.718. The van der Waals surface area contributed by atoms with Crippen LogP contribution in [-0.2, 0) is 11.3 Å². The summed E-state index contributed by atoms with van der Waals surface area (Å²) in [6, 6.07) is 8.41. The van der Waals surface area contributed by atoms with Crippen LogP contribution in [0, 0.1) is 5.92 Å². The van der Waals surface area contributed by atoms with E-state index in [2.05, 4.69) is 44.3 Å². The van der Waals surface area contributed by atoms with Crippen LogP contribution in [0.5, 0.6) is 0 Å². The van der Waals surface area contributed by atoms with Gasteiger partial charge in [0, 0.05) is 24.5 Å². The van der Waals surface area contributed by atoms with Crippen LogP contribution in [0.2, 0.25) is 0 Å². The number of nitrogens with zero attached hydrogens (tertiary/aromatic N) is 1. The molecule has 1 heterocycles. The summed E-state index contributed by atoms with van der Waals surface area (Å²) < 4.78 is 1.19. The van der Waals surface area contributed by atoms with Crippen LogP contribution in [0.4, 0.5) is 0 Å². The molecule has 0 atom stereocenters. The standard InChI is InChI=1S/C15H21BrN2O/c1-12(19)17-10-13-6-8-18(9-7-13)11-14-4-2-3-5-15(14)16/h2-5,13H,6-11H2,1H3,(H,17,19). The van der Waals surface area contributed by atoms with E-state index >= 15 is 0 Å². The number of likely N-dealkylation sites (tertiary alicyclic amines) is 1. The molecule has 0 aliphatic carbocycles. The Kier molecular flexibility index (Phi) is 5.40. The molecule has 1 saturated heterocycles. The molecule has 1 aliphatic heterocycles. The van der Waals surface area contributed by atoms with Crippen molar-refractivity contribution in [2.45, 2.75) is 26.3 Å². The summed E-state index contributed by atoms with van der Waals surface area (Å²) in [7, 11) is 0. The Morgan fingerprint density at radius 2 is 2.05 bits per heavy atom. The number of nitrogens with one attached hydrogen (secondary N) is 1. The normalized spacial score (nSPS) is 17.4. The number of hydrogen-bond acceptors (Lipinski definition) is 2. The highest BCUT2D eigenvalue weighted by Crippen LogP contribution is 2.22. The number of piperidine rings is 1. The average molecular weight is 325 g/mol. The van der Waals surface area contributed by atoms with Gasteiger partial charge in [-0.25, -0.2) is 0 Å². The minimum atomic E-state index is 0.0793. The second-order valence-electron chi connectivity index (χ2n) is 5.25. The molecule has 3 nitrogen and oxygen atoms in total. The third-order valence-corrected chi connectivity index (χ3v) is 4.47. The summed E-state index contributed by atoms with van der Waals surface area (Å²) >= 11 is 3.60. The van der Waals surface area contributed by atoms with Crippen molar-refractivity contribution in [1.82, 2.24) is 10.2 Å². The van der Waals surface area contributed by atoms with Crippen molar-refractivity contribution in [3.05, 3.63) is 34.3 Å². The maximum absolute atomic E-state index is 10.9. The van der Waals surface area contributed by atoms with Crippen molar-refractivity contribution < 1.29 is 4.79 Å². The van der Waals surface area contributed by atoms with E-state index in [4.69, 9.17) is 0 Å². The quantitative estimate of drug-likeness (QED) is 0.923. The molecule has 0 saturated carbocycles. The molecular weight excluding hydrogens is 304 g/mol. The van der Waals surface area contributed by atoms with Crippen LogP contribution in [0.1, 0.15) is 25.3 Å². The first kappa shape index (κ1) is 14.5. The van der Waals surface area contributed by atoms with E-state index in [1.165, 1.54) is 22.9 Å². The molecular formula is C15H21BrN2O. The van der Waals surface area contributed by atoms with Crippen LogP contribution in [0.25, 0.3) is 0 Å². The smallest absolute Gasteiger partial charge is 0.216 e. The van der Waals surface area contributed by atoms with E-state index in [-0.39, 0.29) is 5.91 Å². The van der Waals surface area contributed by atoms with Crippen molar-refractivity contribution in [2.24, 2.45) is 5.92 Å². The predicted octanol–water partition coefficient (Wildman–Crippen LogP) is 2.80. The van der Waals surface area contributed by atoms with Crippen molar-refractivity contribution >= 4 is 21.8 Å². The third kappa shape index (κ3) is 4.62. The Hall–Kier alpha value is -0.870. The first-order valence-corrected chi connectivity index (χ1v) is 7.64. The second-order valence-corrected chi connectivity index (χ2v) is 6.10. The van der Waals surface area contributed by atoms with Crippen molar-refractivity contribution in [3.63, 3.8) is 0 Å². The third-order valence-electron chi connectivity index (χ3n) is 3.70. The van der Waals surface area contributed by atoms with Crippen LogP contribution >= 0.6 is 15.9 Å². The van der Waals surface area contributed by atoms with Crippen LogP contribution in [-0.4, -0.2) is 30.4 Å². The van der Waals surface area contributed by atoms with Gasteiger partial charge in [-0.2, -0.15) is 0 Å². The van der Waals surface area contributed by atoms with Gasteiger partial charge in [-0.05, 0) is 43.5 Å². The first-order chi connectivity index (χ1) is 9.15. The zero-order valence-corrected chi connectivity index (χ0v) is 12.9. The SMILES string of the molecule is CC(=O)NCC1CCN(Cc2ccccc2Br)CC1. The highest BCUT2D eigenvalue weighted by molar-refractivity contribution is 9.10. The maximum atomic E-state index is 10.9. The number of carbonyl (C=O) groups is 1. The fraction of sp³-hybridized carbons (Fsp3) is 0.533. The number of amides is 1. The fourth-order valence-electron chi connectivity index (χ4n) is 2.50. The highest BCUT2D eigenvalue weighted by atomic mass is 79.9. The van der Waals surface area contributed by atoms with Gasteiger partial charge in [-0.15, -0.1) is 0 Å². The van der Waals surface area contributed by atoms with E-state index in [1.807, 2.05) is 6.07 Å². The zero-order chi connectivity index (χ0) is 13.7. The molecule has 0 unspecified atom stereocenters. The molecule has 0 radical (unpaired) electrons. The van der Waals surface area contributed by atoms with Gasteiger partial charge in [0.25, 0.3) is 0 Å². The topological polar surface area (TPSA) is 32.3 Å². The Bertz CT molecular complexity index is 428. The molecule has 1 amide bonds. The van der Waals surface area contributed by atoms with E-state index in [1.54, 1.807) is 6.92 Å². The van der Waals surface area contributed by atoms with Gasteiger partial charge in [-0.1, -0.05) is 34.1 Å². The molecule has 0 spiro atoms. The van der Waals surface area contributed by atoms with Gasteiger partial charge in [0.15, 0.2) is 0 Å². The molecule has 1 aliphatic rings. The Balaban J connectivity index is 1.77. The number of rotatable bonds is 4. The van der Waals surface area contributed by atoms with E-state index in [0.29, 0.717) is 5.92 Å². The Labute approximate surface area is 123 Å². The van der Waals surface area contributed by atoms with Crippen molar-refractivity contribution in [2.75, 3.05) is 19.6 Å². The number of hydrogen-bond donors (Lipinski definition) is 1. The van der Waals surface area contributed by atoms with Gasteiger partial charge in [-0.3, -0.25) is 9.69 Å². The molecule has 1 aromatic carbocycles. The molecule has 0 aromatic heterocycles. The van der Waals surface area contributed by atoms with Crippen LogP contribution in [0.3, 0.4) is 0 Å². The largest absolute Gasteiger partial charge is 0.356 e. The average Bonchev–Trinajstić information content (AvgIpc) is 2.40. The maximum Gasteiger partial charge on any atom is 0.216 e. The summed E-state index contributed by atoms with van der Waals surface area (Å²) in [6.07, 6.45) is 2.34. The summed E-state index contributed by atoms with van der Waals surface area (Å²) in [5, 5.41) is 2.92. The number of halogens is 1. The molecule has 0 bridgehead atoms. The molecule has 19 heavy (non-hydrogen) atoms. The Morgan fingerprint density at radius 3 is 2.68 bits per heavy atom. The molecule has 1 aromatic rings. The van der Waals surface area contributed by atoms with E-state index < -0.39 is 0 Å². The Morgan fingerprint density at radius 1 is 1.37 bits per heavy atom. The summed E-state index contributed by atoms with van der Waals surface area (Å²) in [6.45, 7) is 5.66. The van der Waals surface area contributed by atoms with E-state index in [9.17, 15) is 4.79 Å². The van der Waals surface area contributed by atoms with Gasteiger partial charge in [0.1, 0.15) is 0 Å². The number of benzene rings is 1. The molecule has 1 N–H and O–H groups in total. The zero-order valence-electron chi connectivity index (χ0n) is 11.4.